The van der Waals surface area contributed by atoms with Crippen LogP contribution in [-0.2, 0) is 4.79 Å². The number of amides is 1. The van der Waals surface area contributed by atoms with Crippen molar-refractivity contribution >= 4 is 5.91 Å². The minimum atomic E-state index is -0.221. The molecule has 0 bridgehead atoms. The number of piperidine rings is 1. The molecule has 0 aliphatic carbocycles. The van der Waals surface area contributed by atoms with E-state index in [9.17, 15) is 4.79 Å². The first-order valence-electron chi connectivity index (χ1n) is 6.45. The van der Waals surface area contributed by atoms with Gasteiger partial charge in [-0.1, -0.05) is 20.8 Å². The molecule has 3 nitrogen and oxygen atoms in total. The zero-order chi connectivity index (χ0) is 13.1. The summed E-state index contributed by atoms with van der Waals surface area (Å²) in [6, 6.07) is 2.36. The Bertz CT molecular complexity index is 314. The van der Waals surface area contributed by atoms with E-state index < -0.39 is 0 Å². The summed E-state index contributed by atoms with van der Waals surface area (Å²) in [4.78, 5) is 13.9. The molecule has 96 valence electrons. The van der Waals surface area contributed by atoms with Crippen LogP contribution in [-0.4, -0.2) is 23.9 Å². The van der Waals surface area contributed by atoms with Gasteiger partial charge in [-0.25, -0.2) is 0 Å². The van der Waals surface area contributed by atoms with Crippen LogP contribution in [0.3, 0.4) is 0 Å². The minimum absolute atomic E-state index is 0.215. The van der Waals surface area contributed by atoms with E-state index in [2.05, 4.69) is 26.8 Å². The lowest BCUT2D eigenvalue weighted by molar-refractivity contribution is -0.133. The van der Waals surface area contributed by atoms with Gasteiger partial charge in [0.2, 0.25) is 5.91 Å². The first-order chi connectivity index (χ1) is 7.76. The Morgan fingerprint density at radius 2 is 1.88 bits per heavy atom. The van der Waals surface area contributed by atoms with E-state index in [1.54, 1.807) is 0 Å². The predicted molar refractivity (Wildman–Crippen MR) is 68.2 cm³/mol. The Balaban J connectivity index is 2.39. The third kappa shape index (κ3) is 4.38. The van der Waals surface area contributed by atoms with Gasteiger partial charge in [0.15, 0.2) is 0 Å². The number of hydrogen-bond donors (Lipinski definition) is 0. The SMILES string of the molecule is CC(C)(C)CCC(=O)N1CCC(C)(C#N)CC1. The molecule has 1 aliphatic heterocycles. The van der Waals surface area contributed by atoms with Crippen molar-refractivity contribution in [1.29, 1.82) is 5.26 Å². The van der Waals surface area contributed by atoms with Crippen molar-refractivity contribution in [1.82, 2.24) is 4.90 Å². The lowest BCUT2D eigenvalue weighted by Crippen LogP contribution is -2.41. The highest BCUT2D eigenvalue weighted by atomic mass is 16.2. The molecule has 3 heteroatoms. The smallest absolute Gasteiger partial charge is 0.222 e. The Hall–Kier alpha value is -1.04. The summed E-state index contributed by atoms with van der Waals surface area (Å²) < 4.78 is 0. The second-order valence-corrected chi connectivity index (χ2v) is 6.61. The van der Waals surface area contributed by atoms with Gasteiger partial charge in [-0.2, -0.15) is 5.26 Å². The molecule has 0 spiro atoms. The fourth-order valence-electron chi connectivity index (χ4n) is 2.00. The number of carbonyl (C=O) groups is 1. The minimum Gasteiger partial charge on any atom is -0.343 e. The highest BCUT2D eigenvalue weighted by Crippen LogP contribution is 2.30. The highest BCUT2D eigenvalue weighted by Gasteiger charge is 2.31. The van der Waals surface area contributed by atoms with Gasteiger partial charge in [-0.05, 0) is 31.6 Å². The summed E-state index contributed by atoms with van der Waals surface area (Å²) in [5.74, 6) is 0.250. The Labute approximate surface area is 105 Å². The first-order valence-corrected chi connectivity index (χ1v) is 6.45. The summed E-state index contributed by atoms with van der Waals surface area (Å²) in [6.07, 6.45) is 3.18. The summed E-state index contributed by atoms with van der Waals surface area (Å²) in [5, 5.41) is 9.03. The maximum atomic E-state index is 12.0. The zero-order valence-electron chi connectivity index (χ0n) is 11.5. The van der Waals surface area contributed by atoms with Crippen molar-refractivity contribution in [2.24, 2.45) is 10.8 Å². The third-order valence-electron chi connectivity index (χ3n) is 3.58. The number of hydrogen-bond acceptors (Lipinski definition) is 2. The van der Waals surface area contributed by atoms with E-state index in [-0.39, 0.29) is 16.7 Å². The third-order valence-corrected chi connectivity index (χ3v) is 3.58. The van der Waals surface area contributed by atoms with E-state index >= 15 is 0 Å². The summed E-state index contributed by atoms with van der Waals surface area (Å²) >= 11 is 0. The van der Waals surface area contributed by atoms with Crippen LogP contribution < -0.4 is 0 Å². The van der Waals surface area contributed by atoms with Crippen LogP contribution in [0.25, 0.3) is 0 Å². The van der Waals surface area contributed by atoms with Gasteiger partial charge < -0.3 is 4.90 Å². The molecule has 1 heterocycles. The molecule has 1 saturated heterocycles. The van der Waals surface area contributed by atoms with Crippen molar-refractivity contribution in [3.63, 3.8) is 0 Å². The molecule has 0 aromatic heterocycles. The van der Waals surface area contributed by atoms with Crippen LogP contribution in [0.15, 0.2) is 0 Å². The van der Waals surface area contributed by atoms with Crippen LogP contribution in [0.2, 0.25) is 0 Å². The van der Waals surface area contributed by atoms with Crippen molar-refractivity contribution < 1.29 is 4.79 Å². The summed E-state index contributed by atoms with van der Waals surface area (Å²) in [7, 11) is 0. The molecule has 0 aromatic carbocycles. The second kappa shape index (κ2) is 5.08. The molecular weight excluding hydrogens is 212 g/mol. The lowest BCUT2D eigenvalue weighted by Gasteiger charge is -2.35. The molecule has 0 saturated carbocycles. The van der Waals surface area contributed by atoms with Crippen LogP contribution in [0.5, 0.6) is 0 Å². The first kappa shape index (κ1) is 14.0. The molecule has 0 radical (unpaired) electrons. The summed E-state index contributed by atoms with van der Waals surface area (Å²) in [6.45, 7) is 9.94. The lowest BCUT2D eigenvalue weighted by atomic mass is 9.82. The Morgan fingerprint density at radius 3 is 2.29 bits per heavy atom. The fourth-order valence-corrected chi connectivity index (χ4v) is 2.00. The Kier molecular flexibility index (Phi) is 4.19. The predicted octanol–water partition coefficient (Wildman–Crippen LogP) is 2.96. The van der Waals surface area contributed by atoms with Crippen molar-refractivity contribution in [2.45, 2.75) is 53.4 Å². The van der Waals surface area contributed by atoms with Crippen LogP contribution in [0, 0.1) is 22.2 Å². The quantitative estimate of drug-likeness (QED) is 0.740. The van der Waals surface area contributed by atoms with E-state index in [0.29, 0.717) is 6.42 Å². The zero-order valence-corrected chi connectivity index (χ0v) is 11.5. The van der Waals surface area contributed by atoms with E-state index in [1.807, 2.05) is 11.8 Å². The molecular formula is C14H24N2O. The van der Waals surface area contributed by atoms with Gasteiger partial charge in [0, 0.05) is 19.5 Å². The molecule has 17 heavy (non-hydrogen) atoms. The molecule has 0 atom stereocenters. The molecule has 0 unspecified atom stereocenters. The monoisotopic (exact) mass is 236 g/mol. The van der Waals surface area contributed by atoms with Crippen molar-refractivity contribution in [2.75, 3.05) is 13.1 Å². The number of nitrogens with zero attached hydrogens (tertiary/aromatic N) is 2. The number of carbonyl (C=O) groups excluding carboxylic acids is 1. The number of nitriles is 1. The van der Waals surface area contributed by atoms with Crippen molar-refractivity contribution in [3.05, 3.63) is 0 Å². The Morgan fingerprint density at radius 1 is 1.35 bits per heavy atom. The normalized spacial score (nSPS) is 19.8. The molecule has 1 amide bonds. The average molecular weight is 236 g/mol. The highest BCUT2D eigenvalue weighted by molar-refractivity contribution is 5.76. The molecule has 1 aliphatic rings. The topological polar surface area (TPSA) is 44.1 Å². The maximum Gasteiger partial charge on any atom is 0.222 e. The van der Waals surface area contributed by atoms with Gasteiger partial charge in [-0.15, -0.1) is 0 Å². The van der Waals surface area contributed by atoms with E-state index in [4.69, 9.17) is 5.26 Å². The van der Waals surface area contributed by atoms with Crippen LogP contribution >= 0.6 is 0 Å². The van der Waals surface area contributed by atoms with Gasteiger partial charge in [0.05, 0.1) is 11.5 Å². The molecule has 0 N–H and O–H groups in total. The molecule has 1 fully saturated rings. The maximum absolute atomic E-state index is 12.0. The van der Waals surface area contributed by atoms with Crippen molar-refractivity contribution in [3.8, 4) is 6.07 Å². The average Bonchev–Trinajstić information content (AvgIpc) is 2.26. The standard InChI is InChI=1S/C14H24N2O/c1-13(2,3)6-5-12(17)16-9-7-14(4,11-15)8-10-16/h5-10H2,1-4H3. The van der Waals surface area contributed by atoms with Gasteiger partial charge in [0.25, 0.3) is 0 Å². The molecule has 1 rings (SSSR count). The number of rotatable bonds is 2. The van der Waals surface area contributed by atoms with Gasteiger partial charge in [-0.3, -0.25) is 4.79 Å². The second-order valence-electron chi connectivity index (χ2n) is 6.61. The van der Waals surface area contributed by atoms with Gasteiger partial charge in [0.1, 0.15) is 0 Å². The van der Waals surface area contributed by atoms with Gasteiger partial charge >= 0.3 is 0 Å². The van der Waals surface area contributed by atoms with E-state index in [1.165, 1.54) is 0 Å². The van der Waals surface area contributed by atoms with Crippen LogP contribution in [0.4, 0.5) is 0 Å². The molecule has 0 aromatic rings. The van der Waals surface area contributed by atoms with E-state index in [0.717, 1.165) is 32.4 Å². The fraction of sp³-hybridized carbons (Fsp3) is 0.857. The largest absolute Gasteiger partial charge is 0.343 e. The summed E-state index contributed by atoms with van der Waals surface area (Å²) in [5.41, 5.74) is -0.00653. The number of likely N-dealkylation sites (tertiary alicyclic amines) is 1. The van der Waals surface area contributed by atoms with Crippen LogP contribution in [0.1, 0.15) is 53.4 Å².